The van der Waals surface area contributed by atoms with Crippen LogP contribution in [0.2, 0.25) is 0 Å². The number of carbonyl (C=O) groups is 2. The van der Waals surface area contributed by atoms with Crippen LogP contribution >= 0.6 is 11.3 Å². The largest absolute Gasteiger partial charge is 0.478 e. The lowest BCUT2D eigenvalue weighted by Gasteiger charge is -2.34. The summed E-state index contributed by atoms with van der Waals surface area (Å²) in [4.78, 5) is 39.8. The fourth-order valence-corrected chi connectivity index (χ4v) is 5.96. The number of carbonyl (C=O) groups excluding carboxylic acids is 1. The van der Waals surface area contributed by atoms with Gasteiger partial charge in [0.05, 0.1) is 16.8 Å². The van der Waals surface area contributed by atoms with Crippen molar-refractivity contribution in [2.24, 2.45) is 0 Å². The van der Waals surface area contributed by atoms with E-state index in [9.17, 15) is 19.5 Å². The number of thiophene rings is 1. The number of ketones is 1. The van der Waals surface area contributed by atoms with Gasteiger partial charge in [-0.15, -0.1) is 11.3 Å². The highest BCUT2D eigenvalue weighted by atomic mass is 32.1. The fraction of sp³-hybridized carbons (Fsp3) is 0.148. The molecule has 6 rings (SSSR count). The molecule has 7 nitrogen and oxygen atoms in total. The zero-order valence-electron chi connectivity index (χ0n) is 18.5. The number of hydrogen-bond donors (Lipinski definition) is 3. The molecule has 1 aliphatic heterocycles. The SMILES string of the molecule is O=C1C[C@@H](c2cccs2)CC2=C1[C@H](c1ccc(C(=O)O)cc1)c1c([nH]n(-c3ccccc3)c1=O)N2. The van der Waals surface area contributed by atoms with E-state index < -0.39 is 11.9 Å². The Morgan fingerprint density at radius 2 is 1.74 bits per heavy atom. The molecule has 35 heavy (non-hydrogen) atoms. The van der Waals surface area contributed by atoms with E-state index in [-0.39, 0.29) is 22.8 Å². The Hall–Kier alpha value is -4.17. The molecule has 0 amide bonds. The molecule has 8 heteroatoms. The number of H-pyrrole nitrogens is 1. The first kappa shape index (κ1) is 21.4. The van der Waals surface area contributed by atoms with Gasteiger partial charge in [0.1, 0.15) is 5.82 Å². The lowest BCUT2D eigenvalue weighted by molar-refractivity contribution is -0.116. The van der Waals surface area contributed by atoms with E-state index in [1.54, 1.807) is 23.5 Å². The summed E-state index contributed by atoms with van der Waals surface area (Å²) in [5.74, 6) is -0.975. The number of nitrogens with zero attached hydrogens (tertiary/aromatic N) is 1. The van der Waals surface area contributed by atoms with Crippen molar-refractivity contribution < 1.29 is 14.7 Å². The van der Waals surface area contributed by atoms with Crippen molar-refractivity contribution in [3.05, 3.63) is 115 Å². The van der Waals surface area contributed by atoms with Crippen LogP contribution in [0.4, 0.5) is 5.82 Å². The number of benzene rings is 2. The third-order valence-corrected chi connectivity index (χ3v) is 7.77. The van der Waals surface area contributed by atoms with E-state index in [4.69, 9.17) is 0 Å². The number of rotatable bonds is 4. The molecule has 3 heterocycles. The maximum atomic E-state index is 13.7. The van der Waals surface area contributed by atoms with E-state index in [1.807, 2.05) is 41.8 Å². The molecule has 3 N–H and O–H groups in total. The first-order valence-electron chi connectivity index (χ1n) is 11.3. The lowest BCUT2D eigenvalue weighted by Crippen LogP contribution is -2.31. The number of Topliss-reactive ketones (excluding diaryl/α,β-unsaturated/α-hetero) is 1. The minimum atomic E-state index is -1.02. The molecular weight excluding hydrogens is 462 g/mol. The second-order valence-corrected chi connectivity index (χ2v) is 9.78. The smallest absolute Gasteiger partial charge is 0.335 e. The maximum absolute atomic E-state index is 13.7. The number of aromatic amines is 1. The highest BCUT2D eigenvalue weighted by molar-refractivity contribution is 7.10. The van der Waals surface area contributed by atoms with Gasteiger partial charge in [0, 0.05) is 34.4 Å². The van der Waals surface area contributed by atoms with E-state index in [0.29, 0.717) is 41.0 Å². The van der Waals surface area contributed by atoms with E-state index in [2.05, 4.69) is 16.5 Å². The van der Waals surface area contributed by atoms with Gasteiger partial charge in [0.2, 0.25) is 0 Å². The van der Waals surface area contributed by atoms with Crippen molar-refractivity contribution in [1.29, 1.82) is 0 Å². The number of carboxylic acids is 1. The molecule has 0 unspecified atom stereocenters. The van der Waals surface area contributed by atoms with E-state index in [1.165, 1.54) is 16.8 Å². The van der Waals surface area contributed by atoms with Gasteiger partial charge >= 0.3 is 5.97 Å². The highest BCUT2D eigenvalue weighted by Gasteiger charge is 2.41. The standard InChI is InChI=1S/C27H21N3O4S/c31-20-14-17(21-7-4-12-35-21)13-19-23(20)22(15-8-10-16(11-9-15)27(33)34)24-25(28-19)29-30(26(24)32)18-5-2-1-3-6-18/h1-12,17,22,28-29H,13-14H2,(H,33,34)/t17-,22-/m0/s1. The molecule has 2 aromatic heterocycles. The summed E-state index contributed by atoms with van der Waals surface area (Å²) < 4.78 is 1.48. The molecule has 0 saturated carbocycles. The molecule has 0 saturated heterocycles. The van der Waals surface area contributed by atoms with Gasteiger partial charge in [0.25, 0.3) is 5.56 Å². The van der Waals surface area contributed by atoms with Crippen LogP contribution in [-0.4, -0.2) is 26.6 Å². The Kier molecular flexibility index (Phi) is 5.04. The number of carboxylic acid groups (broad SMARTS) is 1. The van der Waals surface area contributed by atoms with Crippen LogP contribution in [0.1, 0.15) is 51.0 Å². The predicted octanol–water partition coefficient (Wildman–Crippen LogP) is 4.88. The summed E-state index contributed by atoms with van der Waals surface area (Å²) in [7, 11) is 0. The Bertz CT molecular complexity index is 1530. The molecule has 0 bridgehead atoms. The number of para-hydroxylation sites is 1. The van der Waals surface area contributed by atoms with Gasteiger partial charge in [-0.05, 0) is 47.7 Å². The lowest BCUT2D eigenvalue weighted by atomic mass is 9.74. The summed E-state index contributed by atoms with van der Waals surface area (Å²) >= 11 is 1.64. The first-order chi connectivity index (χ1) is 17.0. The second kappa shape index (κ2) is 8.25. The summed E-state index contributed by atoms with van der Waals surface area (Å²) in [5.41, 5.74) is 3.16. The zero-order valence-corrected chi connectivity index (χ0v) is 19.3. The molecular formula is C27H21N3O4S. The molecule has 0 radical (unpaired) electrons. The average Bonchev–Trinajstić information content (AvgIpc) is 3.52. The summed E-state index contributed by atoms with van der Waals surface area (Å²) in [5, 5.41) is 17.9. The Balaban J connectivity index is 1.52. The Morgan fingerprint density at radius 1 is 0.971 bits per heavy atom. The molecule has 2 atom stereocenters. The minimum absolute atomic E-state index is 0.00183. The van der Waals surface area contributed by atoms with Gasteiger partial charge in [-0.25, -0.2) is 9.48 Å². The molecule has 1 aliphatic carbocycles. The van der Waals surface area contributed by atoms with Crippen molar-refractivity contribution in [2.45, 2.75) is 24.7 Å². The van der Waals surface area contributed by atoms with Crippen molar-refractivity contribution in [1.82, 2.24) is 9.78 Å². The van der Waals surface area contributed by atoms with Gasteiger partial charge in [-0.2, -0.15) is 0 Å². The fourth-order valence-electron chi connectivity index (χ4n) is 5.13. The Morgan fingerprint density at radius 3 is 2.43 bits per heavy atom. The molecule has 0 fully saturated rings. The Labute approximate surface area is 204 Å². The third-order valence-electron chi connectivity index (χ3n) is 6.74. The monoisotopic (exact) mass is 483 g/mol. The van der Waals surface area contributed by atoms with E-state index in [0.717, 1.165) is 10.6 Å². The highest BCUT2D eigenvalue weighted by Crippen LogP contribution is 2.47. The number of anilines is 1. The maximum Gasteiger partial charge on any atom is 0.335 e. The number of hydrogen-bond acceptors (Lipinski definition) is 5. The molecule has 0 spiro atoms. The van der Waals surface area contributed by atoms with Gasteiger partial charge < -0.3 is 10.4 Å². The number of allylic oxidation sites excluding steroid dienone is 2. The quantitative estimate of drug-likeness (QED) is 0.384. The van der Waals surface area contributed by atoms with Crippen molar-refractivity contribution in [3.8, 4) is 5.69 Å². The van der Waals surface area contributed by atoms with Crippen molar-refractivity contribution in [3.63, 3.8) is 0 Å². The summed E-state index contributed by atoms with van der Waals surface area (Å²) in [6.45, 7) is 0. The first-order valence-corrected chi connectivity index (χ1v) is 12.2. The normalized spacial score (nSPS) is 19.1. The molecule has 2 aliphatic rings. The van der Waals surface area contributed by atoms with Crippen LogP contribution in [0, 0.1) is 0 Å². The average molecular weight is 484 g/mol. The molecule has 2 aromatic carbocycles. The third kappa shape index (κ3) is 3.54. The van der Waals surface area contributed by atoms with Crippen LogP contribution in [0.5, 0.6) is 0 Å². The van der Waals surface area contributed by atoms with Crippen LogP contribution in [0.25, 0.3) is 5.69 Å². The van der Waals surface area contributed by atoms with Crippen LogP contribution in [-0.2, 0) is 4.79 Å². The number of nitrogens with one attached hydrogen (secondary N) is 2. The second-order valence-electron chi connectivity index (χ2n) is 8.80. The number of fused-ring (bicyclic) bond motifs is 1. The topological polar surface area (TPSA) is 104 Å². The van der Waals surface area contributed by atoms with Crippen molar-refractivity contribution in [2.75, 3.05) is 5.32 Å². The summed E-state index contributed by atoms with van der Waals surface area (Å²) in [6, 6.07) is 19.8. The van der Waals surface area contributed by atoms with Crippen LogP contribution < -0.4 is 10.9 Å². The minimum Gasteiger partial charge on any atom is -0.478 e. The van der Waals surface area contributed by atoms with Crippen LogP contribution in [0.3, 0.4) is 0 Å². The zero-order chi connectivity index (χ0) is 24.1. The van der Waals surface area contributed by atoms with Crippen LogP contribution in [0.15, 0.2) is 88.2 Å². The van der Waals surface area contributed by atoms with Crippen molar-refractivity contribution >= 4 is 28.9 Å². The number of aromatic carboxylic acids is 1. The van der Waals surface area contributed by atoms with Gasteiger partial charge in [0.15, 0.2) is 5.78 Å². The van der Waals surface area contributed by atoms with Gasteiger partial charge in [-0.1, -0.05) is 36.4 Å². The summed E-state index contributed by atoms with van der Waals surface area (Å²) in [6.07, 6.45) is 1.03. The van der Waals surface area contributed by atoms with Gasteiger partial charge in [-0.3, -0.25) is 14.7 Å². The molecule has 4 aromatic rings. The van der Waals surface area contributed by atoms with E-state index >= 15 is 0 Å². The number of aromatic nitrogens is 2. The predicted molar refractivity (Wildman–Crippen MR) is 134 cm³/mol. The molecule has 174 valence electrons.